The van der Waals surface area contributed by atoms with Crippen LogP contribution in [0.3, 0.4) is 0 Å². The number of ether oxygens (including phenoxy) is 1. The second-order valence-electron chi connectivity index (χ2n) is 6.63. The minimum atomic E-state index is -0.502. The molecule has 0 amide bonds. The van der Waals surface area contributed by atoms with Gasteiger partial charge in [-0.1, -0.05) is 67.3 Å². The summed E-state index contributed by atoms with van der Waals surface area (Å²) in [4.78, 5) is 14.3. The van der Waals surface area contributed by atoms with Crippen molar-refractivity contribution < 1.29 is 9.53 Å². The molecule has 0 atom stereocenters. The van der Waals surface area contributed by atoms with Gasteiger partial charge in [-0.15, -0.1) is 0 Å². The van der Waals surface area contributed by atoms with Crippen molar-refractivity contribution in [3.05, 3.63) is 71.8 Å². The van der Waals surface area contributed by atoms with Gasteiger partial charge in [-0.05, 0) is 17.7 Å². The average molecular weight is 347 g/mol. The number of likely N-dealkylation sites (tertiary alicyclic amines) is 1. The van der Waals surface area contributed by atoms with Crippen LogP contribution in [0.25, 0.3) is 0 Å². The van der Waals surface area contributed by atoms with Crippen LogP contribution in [0.15, 0.2) is 60.7 Å². The summed E-state index contributed by atoms with van der Waals surface area (Å²) in [6.07, 6.45) is 2.01. The number of nitrogens with zero attached hydrogens (tertiary/aromatic N) is 1. The average Bonchev–Trinajstić information content (AvgIpc) is 2.71. The fourth-order valence-electron chi connectivity index (χ4n) is 3.33. The Morgan fingerprint density at radius 3 is 2.27 bits per heavy atom. The molecule has 3 heteroatoms. The number of carbonyl (C=O) groups excluding carboxylic acids is 1. The molecule has 1 aliphatic rings. The SMILES string of the molecule is CCC(=O)OC1(c2ccccc2)CCN(CC#Cc2ccccc2)CC1. The number of piperidine rings is 1. The second-order valence-corrected chi connectivity index (χ2v) is 6.63. The lowest BCUT2D eigenvalue weighted by Crippen LogP contribution is -2.45. The van der Waals surface area contributed by atoms with E-state index in [4.69, 9.17) is 4.74 Å². The lowest BCUT2D eigenvalue weighted by atomic mass is 9.84. The molecule has 1 saturated heterocycles. The first-order chi connectivity index (χ1) is 12.7. The van der Waals surface area contributed by atoms with Crippen molar-refractivity contribution in [2.45, 2.75) is 31.8 Å². The highest BCUT2D eigenvalue weighted by molar-refractivity contribution is 5.69. The molecule has 0 aliphatic carbocycles. The summed E-state index contributed by atoms with van der Waals surface area (Å²) >= 11 is 0. The topological polar surface area (TPSA) is 29.5 Å². The van der Waals surface area contributed by atoms with Gasteiger partial charge < -0.3 is 4.74 Å². The van der Waals surface area contributed by atoms with E-state index < -0.39 is 5.60 Å². The van der Waals surface area contributed by atoms with Gasteiger partial charge in [0.25, 0.3) is 0 Å². The molecule has 26 heavy (non-hydrogen) atoms. The third kappa shape index (κ3) is 4.53. The van der Waals surface area contributed by atoms with E-state index in [1.807, 2.05) is 55.5 Å². The molecule has 1 aliphatic heterocycles. The van der Waals surface area contributed by atoms with Gasteiger partial charge in [0.15, 0.2) is 0 Å². The molecule has 2 aromatic rings. The van der Waals surface area contributed by atoms with Crippen molar-refractivity contribution in [2.24, 2.45) is 0 Å². The lowest BCUT2D eigenvalue weighted by molar-refractivity contribution is -0.166. The third-order valence-corrected chi connectivity index (χ3v) is 4.87. The Labute approximate surface area is 156 Å². The molecule has 134 valence electrons. The van der Waals surface area contributed by atoms with E-state index in [1.54, 1.807) is 0 Å². The molecule has 1 heterocycles. The number of hydrogen-bond donors (Lipinski definition) is 0. The molecule has 2 aromatic carbocycles. The minimum absolute atomic E-state index is 0.133. The monoisotopic (exact) mass is 347 g/mol. The number of carbonyl (C=O) groups is 1. The first-order valence-corrected chi connectivity index (χ1v) is 9.25. The van der Waals surface area contributed by atoms with Gasteiger partial charge in [0.1, 0.15) is 5.60 Å². The van der Waals surface area contributed by atoms with Gasteiger partial charge in [-0.2, -0.15) is 0 Å². The molecular formula is C23H25NO2. The molecule has 3 nitrogen and oxygen atoms in total. The van der Waals surface area contributed by atoms with E-state index in [1.165, 1.54) is 0 Å². The Kier molecular flexibility index (Phi) is 6.09. The van der Waals surface area contributed by atoms with Gasteiger partial charge in [0.2, 0.25) is 0 Å². The van der Waals surface area contributed by atoms with Gasteiger partial charge >= 0.3 is 5.97 Å². The number of esters is 1. The van der Waals surface area contributed by atoms with E-state index in [9.17, 15) is 4.79 Å². The maximum Gasteiger partial charge on any atom is 0.306 e. The van der Waals surface area contributed by atoms with Crippen LogP contribution in [0.4, 0.5) is 0 Å². The standard InChI is InChI=1S/C23H25NO2/c1-2-22(25)26-23(21-13-7-4-8-14-21)15-18-24(19-16-23)17-9-12-20-10-5-3-6-11-20/h3-8,10-11,13-14H,2,15-19H2,1H3. The lowest BCUT2D eigenvalue weighted by Gasteiger charge is -2.41. The van der Waals surface area contributed by atoms with Crippen LogP contribution in [0, 0.1) is 11.8 Å². The first kappa shape index (κ1) is 18.2. The molecule has 0 spiro atoms. The van der Waals surface area contributed by atoms with Crippen molar-refractivity contribution in [3.63, 3.8) is 0 Å². The fraction of sp³-hybridized carbons (Fsp3) is 0.348. The number of hydrogen-bond acceptors (Lipinski definition) is 3. The summed E-state index contributed by atoms with van der Waals surface area (Å²) in [6.45, 7) is 4.32. The van der Waals surface area contributed by atoms with Crippen LogP contribution in [0.1, 0.15) is 37.3 Å². The maximum atomic E-state index is 12.0. The quantitative estimate of drug-likeness (QED) is 0.619. The van der Waals surface area contributed by atoms with Crippen molar-refractivity contribution >= 4 is 5.97 Å². The summed E-state index contributed by atoms with van der Waals surface area (Å²) in [5.74, 6) is 6.33. The van der Waals surface area contributed by atoms with Crippen LogP contribution in [-0.2, 0) is 15.1 Å². The van der Waals surface area contributed by atoms with E-state index in [0.29, 0.717) is 6.42 Å². The minimum Gasteiger partial charge on any atom is -0.454 e. The van der Waals surface area contributed by atoms with Gasteiger partial charge in [0.05, 0.1) is 6.54 Å². The van der Waals surface area contributed by atoms with Gasteiger partial charge in [-0.3, -0.25) is 9.69 Å². The highest BCUT2D eigenvalue weighted by atomic mass is 16.6. The van der Waals surface area contributed by atoms with Crippen molar-refractivity contribution in [1.29, 1.82) is 0 Å². The molecule has 0 radical (unpaired) electrons. The maximum absolute atomic E-state index is 12.0. The largest absolute Gasteiger partial charge is 0.454 e. The molecule has 0 N–H and O–H groups in total. The zero-order chi connectivity index (χ0) is 18.2. The van der Waals surface area contributed by atoms with E-state index in [2.05, 4.69) is 28.9 Å². The van der Waals surface area contributed by atoms with Crippen LogP contribution < -0.4 is 0 Å². The molecule has 0 saturated carbocycles. The van der Waals surface area contributed by atoms with Crippen molar-refractivity contribution in [3.8, 4) is 11.8 Å². The van der Waals surface area contributed by atoms with Gasteiger partial charge in [0, 0.05) is 37.9 Å². The molecule has 1 fully saturated rings. The number of rotatable bonds is 4. The Morgan fingerprint density at radius 1 is 1.04 bits per heavy atom. The Hall–Kier alpha value is -2.57. The predicted molar refractivity (Wildman–Crippen MR) is 103 cm³/mol. The summed E-state index contributed by atoms with van der Waals surface area (Å²) in [7, 11) is 0. The zero-order valence-corrected chi connectivity index (χ0v) is 15.3. The highest BCUT2D eigenvalue weighted by Gasteiger charge is 2.39. The van der Waals surface area contributed by atoms with Crippen LogP contribution in [0.5, 0.6) is 0 Å². The fourth-order valence-corrected chi connectivity index (χ4v) is 3.33. The smallest absolute Gasteiger partial charge is 0.306 e. The summed E-state index contributed by atoms with van der Waals surface area (Å²) in [5, 5.41) is 0. The number of benzene rings is 2. The highest BCUT2D eigenvalue weighted by Crippen LogP contribution is 2.37. The second kappa shape index (κ2) is 8.69. The predicted octanol–water partition coefficient (Wildman–Crippen LogP) is 3.98. The molecular weight excluding hydrogens is 322 g/mol. The Balaban J connectivity index is 1.65. The van der Waals surface area contributed by atoms with Gasteiger partial charge in [-0.25, -0.2) is 0 Å². The summed E-state index contributed by atoms with van der Waals surface area (Å²) in [6, 6.07) is 20.2. The Bertz CT molecular complexity index is 766. The van der Waals surface area contributed by atoms with Crippen molar-refractivity contribution in [2.75, 3.05) is 19.6 Å². The Morgan fingerprint density at radius 2 is 1.65 bits per heavy atom. The normalized spacial score (nSPS) is 16.3. The van der Waals surface area contributed by atoms with Crippen LogP contribution in [0.2, 0.25) is 0 Å². The van der Waals surface area contributed by atoms with Crippen molar-refractivity contribution in [1.82, 2.24) is 4.90 Å². The third-order valence-electron chi connectivity index (χ3n) is 4.87. The van der Waals surface area contributed by atoms with Crippen LogP contribution >= 0.6 is 0 Å². The zero-order valence-electron chi connectivity index (χ0n) is 15.3. The summed E-state index contributed by atoms with van der Waals surface area (Å²) < 4.78 is 5.93. The molecule has 0 bridgehead atoms. The molecule has 3 rings (SSSR count). The van der Waals surface area contributed by atoms with E-state index >= 15 is 0 Å². The molecule has 0 unspecified atom stereocenters. The van der Waals surface area contributed by atoms with Crippen LogP contribution in [-0.4, -0.2) is 30.5 Å². The molecule has 0 aromatic heterocycles. The first-order valence-electron chi connectivity index (χ1n) is 9.25. The van der Waals surface area contributed by atoms with E-state index in [-0.39, 0.29) is 5.97 Å². The van der Waals surface area contributed by atoms with E-state index in [0.717, 1.165) is 43.6 Å². The summed E-state index contributed by atoms with van der Waals surface area (Å²) in [5.41, 5.74) is 1.63.